The molecular weight excluding hydrogens is 779 g/mol. The smallest absolute Gasteiger partial charge is 0.152 e. The van der Waals surface area contributed by atoms with E-state index in [2.05, 4.69) is 134 Å². The molecule has 0 saturated carbocycles. The SMILES string of the molecule is CCCCCCCCc1cccc(N(C2=CC=CN(N(c3cccc(CCCCCCCC)c3)c3cc(CCCCCCCC)ccn3)C2)c2cc(CCCCCCCC)ccn2)c1. The molecule has 0 unspecified atom stereocenters. The molecule has 64 heavy (non-hydrogen) atoms. The number of hydrazine groups is 1. The number of nitrogens with zero attached hydrogens (tertiary/aromatic N) is 5. The second-order valence-corrected chi connectivity index (χ2v) is 18.7. The van der Waals surface area contributed by atoms with E-state index in [1.165, 1.54) is 188 Å². The summed E-state index contributed by atoms with van der Waals surface area (Å²) in [6.07, 6.45) is 46.5. The summed E-state index contributed by atoms with van der Waals surface area (Å²) in [7, 11) is 0. The van der Waals surface area contributed by atoms with E-state index in [0.29, 0.717) is 6.54 Å². The van der Waals surface area contributed by atoms with Crippen LogP contribution in [0.5, 0.6) is 0 Å². The average Bonchev–Trinajstić information content (AvgIpc) is 3.32. The minimum absolute atomic E-state index is 0.673. The molecule has 0 spiro atoms. The summed E-state index contributed by atoms with van der Waals surface area (Å²) >= 11 is 0. The van der Waals surface area contributed by atoms with Gasteiger partial charge in [-0.25, -0.2) is 15.0 Å². The summed E-state index contributed by atoms with van der Waals surface area (Å²) < 4.78 is 0. The zero-order valence-electron chi connectivity index (χ0n) is 41.1. The Bertz CT molecular complexity index is 1790. The van der Waals surface area contributed by atoms with Gasteiger partial charge in [-0.3, -0.25) is 9.91 Å². The Morgan fingerprint density at radius 3 is 1.34 bits per heavy atom. The van der Waals surface area contributed by atoms with Crippen LogP contribution in [0.25, 0.3) is 0 Å². The van der Waals surface area contributed by atoms with Crippen molar-refractivity contribution in [2.45, 2.75) is 207 Å². The Kier molecular flexibility index (Phi) is 24.3. The lowest BCUT2D eigenvalue weighted by molar-refractivity contribution is 0.404. The highest BCUT2D eigenvalue weighted by molar-refractivity contribution is 5.68. The van der Waals surface area contributed by atoms with Crippen LogP contribution in [0.1, 0.15) is 204 Å². The van der Waals surface area contributed by atoms with Crippen LogP contribution in [0.15, 0.2) is 109 Å². The normalized spacial score (nSPS) is 12.5. The van der Waals surface area contributed by atoms with Gasteiger partial charge < -0.3 is 0 Å². The second kappa shape index (κ2) is 30.7. The summed E-state index contributed by atoms with van der Waals surface area (Å²) in [5.41, 5.74) is 9.06. The zero-order valence-corrected chi connectivity index (χ0v) is 41.1. The Morgan fingerprint density at radius 2 is 0.844 bits per heavy atom. The number of hydrogen-bond acceptors (Lipinski definition) is 5. The van der Waals surface area contributed by atoms with Crippen LogP contribution >= 0.6 is 0 Å². The second-order valence-electron chi connectivity index (χ2n) is 18.7. The Hall–Kier alpha value is -4.38. The van der Waals surface area contributed by atoms with Crippen LogP contribution in [-0.4, -0.2) is 21.5 Å². The van der Waals surface area contributed by atoms with Gasteiger partial charge in [0.2, 0.25) is 0 Å². The molecule has 0 saturated heterocycles. The average molecular weight is 866 g/mol. The zero-order chi connectivity index (χ0) is 44.9. The first kappa shape index (κ1) is 50.6. The lowest BCUT2D eigenvalue weighted by Crippen LogP contribution is -2.41. The number of aromatic nitrogens is 2. The van der Waals surface area contributed by atoms with Crippen LogP contribution in [0.2, 0.25) is 0 Å². The molecule has 0 amide bonds. The molecule has 0 atom stereocenters. The first-order valence-corrected chi connectivity index (χ1v) is 26.4. The molecule has 0 N–H and O–H groups in total. The van der Waals surface area contributed by atoms with E-state index < -0.39 is 0 Å². The first-order chi connectivity index (χ1) is 31.6. The molecule has 5 heteroatoms. The molecule has 3 heterocycles. The molecule has 1 aliphatic rings. The van der Waals surface area contributed by atoms with Gasteiger partial charge in [-0.1, -0.05) is 180 Å². The topological polar surface area (TPSA) is 35.5 Å². The maximum absolute atomic E-state index is 5.12. The largest absolute Gasteiger partial charge is 0.297 e. The third kappa shape index (κ3) is 17.9. The Balaban J connectivity index is 1.44. The fourth-order valence-corrected chi connectivity index (χ4v) is 9.27. The first-order valence-electron chi connectivity index (χ1n) is 26.4. The summed E-state index contributed by atoms with van der Waals surface area (Å²) in [6.45, 7) is 9.86. The van der Waals surface area contributed by atoms with Gasteiger partial charge in [0.1, 0.15) is 5.82 Å². The molecule has 0 bridgehead atoms. The van der Waals surface area contributed by atoms with Gasteiger partial charge in [0.25, 0.3) is 0 Å². The molecule has 2 aromatic carbocycles. The highest BCUT2D eigenvalue weighted by atomic mass is 15.6. The third-order valence-electron chi connectivity index (χ3n) is 13.1. The van der Waals surface area contributed by atoms with E-state index in [0.717, 1.165) is 43.0 Å². The number of anilines is 4. The number of rotatable bonds is 34. The molecule has 1 aliphatic heterocycles. The van der Waals surface area contributed by atoms with Gasteiger partial charge in [0, 0.05) is 30.0 Å². The van der Waals surface area contributed by atoms with E-state index in [-0.39, 0.29) is 0 Å². The molecular formula is C59H87N5. The van der Waals surface area contributed by atoms with Crippen LogP contribution in [0.3, 0.4) is 0 Å². The van der Waals surface area contributed by atoms with Crippen molar-refractivity contribution < 1.29 is 0 Å². The minimum atomic E-state index is 0.673. The lowest BCUT2D eigenvalue weighted by atomic mass is 10.0. The van der Waals surface area contributed by atoms with Gasteiger partial charge >= 0.3 is 0 Å². The number of unbranched alkanes of at least 4 members (excludes halogenated alkanes) is 20. The van der Waals surface area contributed by atoms with Crippen molar-refractivity contribution in [3.63, 3.8) is 0 Å². The van der Waals surface area contributed by atoms with Gasteiger partial charge in [0.15, 0.2) is 5.82 Å². The highest BCUT2D eigenvalue weighted by Crippen LogP contribution is 2.35. The van der Waals surface area contributed by atoms with Crippen LogP contribution in [0, 0.1) is 0 Å². The molecule has 4 aromatic rings. The predicted octanol–water partition coefficient (Wildman–Crippen LogP) is 17.7. The Morgan fingerprint density at radius 1 is 0.438 bits per heavy atom. The van der Waals surface area contributed by atoms with Crippen molar-refractivity contribution in [3.05, 3.63) is 131 Å². The molecule has 2 aromatic heterocycles. The number of hydrogen-bond donors (Lipinski definition) is 0. The quantitative estimate of drug-likeness (QED) is 0.0437. The molecule has 0 fully saturated rings. The fraction of sp³-hybridized carbons (Fsp3) is 0.559. The number of benzene rings is 2. The van der Waals surface area contributed by atoms with Gasteiger partial charge in [-0.05, 0) is 134 Å². The lowest BCUT2D eigenvalue weighted by Gasteiger charge is -2.39. The van der Waals surface area contributed by atoms with Crippen molar-refractivity contribution in [2.24, 2.45) is 0 Å². The maximum Gasteiger partial charge on any atom is 0.152 e. The molecule has 5 rings (SSSR count). The standard InChI is InChI=1S/C59H87N5/c1-5-9-13-17-21-25-32-51-36-29-38-55(46-51)63(58-48-53(41-43-60-58)34-27-23-19-15-11-7-3)57-40-31-45-62(50-57)64(56-39-30-37-52(47-56)33-26-22-18-14-10-6-2)59-49-54(42-44-61-59)35-28-24-20-16-12-8-4/h29-31,36-49H,5-28,32-35,50H2,1-4H3. The van der Waals surface area contributed by atoms with E-state index in [1.807, 2.05) is 12.4 Å². The fourth-order valence-electron chi connectivity index (χ4n) is 9.27. The van der Waals surface area contributed by atoms with E-state index >= 15 is 0 Å². The maximum atomic E-state index is 5.12. The molecule has 0 aliphatic carbocycles. The van der Waals surface area contributed by atoms with E-state index in [1.54, 1.807) is 0 Å². The summed E-state index contributed by atoms with van der Waals surface area (Å²) in [5.74, 6) is 1.96. The monoisotopic (exact) mass is 866 g/mol. The number of aryl methyl sites for hydroxylation is 4. The Labute approximate surface area is 391 Å². The number of pyridine rings is 2. The minimum Gasteiger partial charge on any atom is -0.297 e. The molecule has 5 nitrogen and oxygen atoms in total. The van der Waals surface area contributed by atoms with Gasteiger partial charge in [-0.2, -0.15) is 0 Å². The van der Waals surface area contributed by atoms with Gasteiger partial charge in [0.05, 0.1) is 12.2 Å². The van der Waals surface area contributed by atoms with Crippen molar-refractivity contribution >= 4 is 23.0 Å². The predicted molar refractivity (Wildman–Crippen MR) is 278 cm³/mol. The number of allylic oxidation sites excluding steroid dienone is 2. The molecule has 348 valence electrons. The van der Waals surface area contributed by atoms with Crippen molar-refractivity contribution in [2.75, 3.05) is 16.5 Å². The summed E-state index contributed by atoms with van der Waals surface area (Å²) in [6, 6.07) is 27.7. The highest BCUT2D eigenvalue weighted by Gasteiger charge is 2.25. The van der Waals surface area contributed by atoms with Crippen molar-refractivity contribution in [1.82, 2.24) is 15.0 Å². The van der Waals surface area contributed by atoms with Crippen LogP contribution in [0.4, 0.5) is 23.0 Å². The van der Waals surface area contributed by atoms with E-state index in [4.69, 9.17) is 9.97 Å². The third-order valence-corrected chi connectivity index (χ3v) is 13.1. The van der Waals surface area contributed by atoms with Crippen molar-refractivity contribution in [1.29, 1.82) is 0 Å². The van der Waals surface area contributed by atoms with Crippen molar-refractivity contribution in [3.8, 4) is 0 Å². The van der Waals surface area contributed by atoms with Gasteiger partial charge in [-0.15, -0.1) is 0 Å². The van der Waals surface area contributed by atoms with E-state index in [9.17, 15) is 0 Å². The van der Waals surface area contributed by atoms with Crippen LogP contribution in [-0.2, 0) is 25.7 Å². The molecule has 0 radical (unpaired) electrons. The summed E-state index contributed by atoms with van der Waals surface area (Å²) in [5, 5.41) is 4.75. The summed E-state index contributed by atoms with van der Waals surface area (Å²) in [4.78, 5) is 12.7. The van der Waals surface area contributed by atoms with Crippen LogP contribution < -0.4 is 9.91 Å².